The average molecular weight is 495 g/mol. The van der Waals surface area contributed by atoms with Crippen LogP contribution in [0.15, 0.2) is 4.99 Å². The quantitative estimate of drug-likeness (QED) is 0.266. The van der Waals surface area contributed by atoms with Gasteiger partial charge in [0.15, 0.2) is 5.96 Å². The Morgan fingerprint density at radius 3 is 2.30 bits per heavy atom. The molecule has 2 heterocycles. The molecule has 8 heteroatoms. The third kappa shape index (κ3) is 8.41. The molecule has 2 saturated heterocycles. The second kappa shape index (κ2) is 13.4. The molecule has 0 aliphatic carbocycles. The Hall–Kier alpha value is -0.770. The summed E-state index contributed by atoms with van der Waals surface area (Å²) in [5.41, 5.74) is 0. The fourth-order valence-electron chi connectivity index (χ4n) is 3.51. The number of nitrogens with one attached hydrogen (secondary N) is 1. The Kier molecular flexibility index (Phi) is 12.1. The van der Waals surface area contributed by atoms with E-state index in [1.54, 1.807) is 4.90 Å². The van der Waals surface area contributed by atoms with Crippen LogP contribution in [0.25, 0.3) is 0 Å². The molecular formula is C19H38IN5O2. The molecule has 0 aromatic rings. The number of nitrogens with zero attached hydrogens (tertiary/aromatic N) is 4. The van der Waals surface area contributed by atoms with Gasteiger partial charge >= 0.3 is 6.09 Å². The number of aliphatic imine (C=N–C) groups is 1. The van der Waals surface area contributed by atoms with E-state index in [9.17, 15) is 4.79 Å². The first kappa shape index (κ1) is 24.3. The van der Waals surface area contributed by atoms with Crippen molar-refractivity contribution in [2.75, 3.05) is 65.5 Å². The van der Waals surface area contributed by atoms with E-state index in [1.165, 1.54) is 25.9 Å². The van der Waals surface area contributed by atoms with Crippen LogP contribution in [0.5, 0.6) is 0 Å². The molecule has 2 rings (SSSR count). The van der Waals surface area contributed by atoms with Crippen molar-refractivity contribution >= 4 is 36.0 Å². The number of hydrogen-bond donors (Lipinski definition) is 1. The number of likely N-dealkylation sites (tertiary alicyclic amines) is 1. The van der Waals surface area contributed by atoms with E-state index < -0.39 is 0 Å². The molecule has 1 N–H and O–H groups in total. The number of carbonyl (C=O) groups excluding carboxylic acids is 1. The van der Waals surface area contributed by atoms with E-state index in [0.29, 0.717) is 19.7 Å². The van der Waals surface area contributed by atoms with Gasteiger partial charge in [0.05, 0.1) is 6.61 Å². The highest BCUT2D eigenvalue weighted by Crippen LogP contribution is 2.15. The molecule has 0 atom stereocenters. The minimum atomic E-state index is -0.204. The summed E-state index contributed by atoms with van der Waals surface area (Å²) in [5, 5.41) is 3.39. The van der Waals surface area contributed by atoms with Crippen molar-refractivity contribution < 1.29 is 9.53 Å². The summed E-state index contributed by atoms with van der Waals surface area (Å²) in [6.45, 7) is 15.0. The maximum Gasteiger partial charge on any atom is 0.409 e. The third-order valence-electron chi connectivity index (χ3n) is 5.21. The first-order valence-electron chi connectivity index (χ1n) is 10.3. The summed E-state index contributed by atoms with van der Waals surface area (Å²) in [5.74, 6) is 1.86. The molecule has 1 amide bonds. The topological polar surface area (TPSA) is 60.4 Å². The molecule has 2 aliphatic rings. The fourth-order valence-corrected chi connectivity index (χ4v) is 3.51. The first-order valence-corrected chi connectivity index (χ1v) is 10.3. The molecule has 158 valence electrons. The zero-order chi connectivity index (χ0) is 18.8. The second-order valence-corrected chi connectivity index (χ2v) is 7.29. The first-order chi connectivity index (χ1) is 12.6. The number of halogens is 1. The van der Waals surface area contributed by atoms with Crippen LogP contribution in [0.3, 0.4) is 0 Å². The highest BCUT2D eigenvalue weighted by atomic mass is 127. The number of amides is 1. The predicted octanol–water partition coefficient (Wildman–Crippen LogP) is 2.47. The van der Waals surface area contributed by atoms with Crippen LogP contribution in [0.2, 0.25) is 0 Å². The molecule has 0 radical (unpaired) electrons. The molecule has 0 bridgehead atoms. The third-order valence-corrected chi connectivity index (χ3v) is 5.21. The van der Waals surface area contributed by atoms with Gasteiger partial charge in [-0.1, -0.05) is 6.92 Å². The lowest BCUT2D eigenvalue weighted by Crippen LogP contribution is -2.54. The molecule has 27 heavy (non-hydrogen) atoms. The van der Waals surface area contributed by atoms with Crippen LogP contribution in [0.4, 0.5) is 4.79 Å². The molecule has 2 fully saturated rings. The number of hydrogen-bond acceptors (Lipinski definition) is 4. The standard InChI is InChI=1S/C19H37N5O2.HI/c1-4-20-18(21-9-6-10-22-11-7-17(3)8-12-22)23-13-15-24(16-14-23)19(25)26-5-2;/h17H,4-16H2,1-3H3,(H,20,21);1H. The van der Waals surface area contributed by atoms with Gasteiger partial charge in [0.1, 0.15) is 0 Å². The summed E-state index contributed by atoms with van der Waals surface area (Å²) in [6, 6.07) is 0. The molecule has 0 spiro atoms. The highest BCUT2D eigenvalue weighted by Gasteiger charge is 2.23. The summed E-state index contributed by atoms with van der Waals surface area (Å²) in [7, 11) is 0. The number of piperidine rings is 1. The Morgan fingerprint density at radius 1 is 1.07 bits per heavy atom. The van der Waals surface area contributed by atoms with Gasteiger partial charge in [-0.05, 0) is 58.7 Å². The predicted molar refractivity (Wildman–Crippen MR) is 121 cm³/mol. The van der Waals surface area contributed by atoms with E-state index in [-0.39, 0.29) is 30.1 Å². The van der Waals surface area contributed by atoms with E-state index in [0.717, 1.165) is 51.0 Å². The van der Waals surface area contributed by atoms with Crippen molar-refractivity contribution in [1.29, 1.82) is 0 Å². The van der Waals surface area contributed by atoms with Gasteiger partial charge in [-0.25, -0.2) is 4.79 Å². The van der Waals surface area contributed by atoms with Gasteiger partial charge in [0, 0.05) is 39.3 Å². The maximum atomic E-state index is 11.8. The summed E-state index contributed by atoms with van der Waals surface area (Å²) < 4.78 is 5.09. The molecule has 0 aromatic heterocycles. The van der Waals surface area contributed by atoms with Gasteiger partial charge < -0.3 is 24.8 Å². The van der Waals surface area contributed by atoms with Crippen LogP contribution < -0.4 is 5.32 Å². The van der Waals surface area contributed by atoms with Crippen LogP contribution in [0, 0.1) is 5.92 Å². The lowest BCUT2D eigenvalue weighted by molar-refractivity contribution is 0.0914. The summed E-state index contributed by atoms with van der Waals surface area (Å²) in [4.78, 5) is 23.2. The van der Waals surface area contributed by atoms with Gasteiger partial charge in [0.2, 0.25) is 0 Å². The van der Waals surface area contributed by atoms with Crippen molar-refractivity contribution in [2.24, 2.45) is 10.9 Å². The number of piperazine rings is 1. The van der Waals surface area contributed by atoms with Gasteiger partial charge in [-0.2, -0.15) is 0 Å². The zero-order valence-electron chi connectivity index (χ0n) is 17.3. The smallest absolute Gasteiger partial charge is 0.409 e. The van der Waals surface area contributed by atoms with E-state index in [4.69, 9.17) is 9.73 Å². The van der Waals surface area contributed by atoms with Gasteiger partial charge in [-0.15, -0.1) is 24.0 Å². The lowest BCUT2D eigenvalue weighted by atomic mass is 9.99. The van der Waals surface area contributed by atoms with Crippen LogP contribution in [-0.4, -0.2) is 92.3 Å². The normalized spacial score (nSPS) is 19.6. The zero-order valence-corrected chi connectivity index (χ0v) is 19.6. The monoisotopic (exact) mass is 495 g/mol. The van der Waals surface area contributed by atoms with Crippen LogP contribution in [0.1, 0.15) is 40.0 Å². The molecule has 7 nitrogen and oxygen atoms in total. The fraction of sp³-hybridized carbons (Fsp3) is 0.895. The summed E-state index contributed by atoms with van der Waals surface area (Å²) >= 11 is 0. The number of guanidine groups is 1. The van der Waals surface area contributed by atoms with Crippen molar-refractivity contribution in [3.63, 3.8) is 0 Å². The minimum Gasteiger partial charge on any atom is -0.450 e. The Morgan fingerprint density at radius 2 is 1.70 bits per heavy atom. The largest absolute Gasteiger partial charge is 0.450 e. The van der Waals surface area contributed by atoms with E-state index >= 15 is 0 Å². The van der Waals surface area contributed by atoms with Gasteiger partial charge in [-0.3, -0.25) is 4.99 Å². The Labute approximate surface area is 181 Å². The Balaban J connectivity index is 0.00000364. The second-order valence-electron chi connectivity index (χ2n) is 7.29. The molecule has 2 aliphatic heterocycles. The Bertz CT molecular complexity index is 447. The van der Waals surface area contributed by atoms with Crippen LogP contribution >= 0.6 is 24.0 Å². The molecule has 0 saturated carbocycles. The molecular weight excluding hydrogens is 457 g/mol. The molecule has 0 unspecified atom stereocenters. The summed E-state index contributed by atoms with van der Waals surface area (Å²) in [6.07, 6.45) is 3.56. The highest BCUT2D eigenvalue weighted by molar-refractivity contribution is 14.0. The van der Waals surface area contributed by atoms with Crippen molar-refractivity contribution in [3.8, 4) is 0 Å². The van der Waals surface area contributed by atoms with Crippen molar-refractivity contribution in [2.45, 2.75) is 40.0 Å². The van der Waals surface area contributed by atoms with Crippen molar-refractivity contribution in [1.82, 2.24) is 20.0 Å². The van der Waals surface area contributed by atoms with Crippen molar-refractivity contribution in [3.05, 3.63) is 0 Å². The number of rotatable bonds is 6. The van der Waals surface area contributed by atoms with Crippen LogP contribution in [-0.2, 0) is 4.74 Å². The average Bonchev–Trinajstić information content (AvgIpc) is 2.66. The van der Waals surface area contributed by atoms with E-state index in [1.807, 2.05) is 6.92 Å². The number of ether oxygens (including phenoxy) is 1. The van der Waals surface area contributed by atoms with E-state index in [2.05, 4.69) is 29.0 Å². The molecule has 0 aromatic carbocycles. The maximum absolute atomic E-state index is 11.8. The lowest BCUT2D eigenvalue weighted by Gasteiger charge is -2.36. The minimum absolute atomic E-state index is 0. The number of carbonyl (C=O) groups is 1. The SMILES string of the molecule is CCNC(=NCCCN1CCC(C)CC1)N1CCN(C(=O)OCC)CC1.I. The van der Waals surface area contributed by atoms with Gasteiger partial charge in [0.25, 0.3) is 0 Å².